The van der Waals surface area contributed by atoms with Crippen LogP contribution in [0.2, 0.25) is 0 Å². The molecule has 0 aliphatic rings. The molecule has 0 aliphatic heterocycles. The summed E-state index contributed by atoms with van der Waals surface area (Å²) in [6.07, 6.45) is -1.80. The number of amides is 2. The van der Waals surface area contributed by atoms with E-state index in [4.69, 9.17) is 11.5 Å². The van der Waals surface area contributed by atoms with Crippen LogP contribution in [0.1, 0.15) is 13.8 Å². The Labute approximate surface area is 83.0 Å². The normalized spacial score (nSPS) is 12.3. The predicted octanol–water partition coefficient (Wildman–Crippen LogP) is -0.819. The molecule has 6 nitrogen and oxygen atoms in total. The molecule has 82 valence electrons. The molecule has 6 heteroatoms. The Hall–Kier alpha value is -1.30. The number of primary amides is 1. The fraction of sp³-hybridized carbons (Fsp3) is 0.750. The zero-order chi connectivity index (χ0) is 11.1. The quantitative estimate of drug-likeness (QED) is 0.542. The topological polar surface area (TPSA) is 107 Å². The number of rotatable bonds is 5. The highest BCUT2D eigenvalue weighted by atomic mass is 16.6. The van der Waals surface area contributed by atoms with E-state index in [1.807, 2.05) is 0 Å². The fourth-order valence-electron chi connectivity index (χ4n) is 0.913. The standard InChI is InChI=1S/C8H17N3O3/c1-5(2)6(14-8(10)13)7(12)11-4-3-9/h5-6H,3-4,9H2,1-2H3,(H2,10,13)(H,11,12). The third-order valence-electron chi connectivity index (χ3n) is 1.55. The van der Waals surface area contributed by atoms with Gasteiger partial charge in [-0.25, -0.2) is 4.79 Å². The van der Waals surface area contributed by atoms with Gasteiger partial charge in [0.15, 0.2) is 6.10 Å². The molecule has 0 saturated carbocycles. The highest BCUT2D eigenvalue weighted by Crippen LogP contribution is 2.06. The highest BCUT2D eigenvalue weighted by molar-refractivity contribution is 5.83. The number of carbonyl (C=O) groups excluding carboxylic acids is 2. The molecule has 1 atom stereocenters. The molecule has 0 heterocycles. The summed E-state index contributed by atoms with van der Waals surface area (Å²) in [5.74, 6) is -0.496. The Bertz CT molecular complexity index is 206. The largest absolute Gasteiger partial charge is 0.436 e. The van der Waals surface area contributed by atoms with Crippen LogP contribution in [0.4, 0.5) is 4.79 Å². The number of hydrogen-bond acceptors (Lipinski definition) is 4. The van der Waals surface area contributed by atoms with E-state index >= 15 is 0 Å². The van der Waals surface area contributed by atoms with Crippen molar-refractivity contribution in [1.82, 2.24) is 5.32 Å². The van der Waals surface area contributed by atoms with E-state index in [2.05, 4.69) is 10.1 Å². The van der Waals surface area contributed by atoms with Crippen LogP contribution in [0, 0.1) is 5.92 Å². The van der Waals surface area contributed by atoms with E-state index in [0.29, 0.717) is 13.1 Å². The second-order valence-electron chi connectivity index (χ2n) is 3.18. The van der Waals surface area contributed by atoms with Crippen LogP contribution >= 0.6 is 0 Å². The minimum Gasteiger partial charge on any atom is -0.436 e. The highest BCUT2D eigenvalue weighted by Gasteiger charge is 2.24. The van der Waals surface area contributed by atoms with E-state index in [-0.39, 0.29) is 11.8 Å². The first kappa shape index (κ1) is 12.7. The van der Waals surface area contributed by atoms with Gasteiger partial charge in [0.25, 0.3) is 5.91 Å². The van der Waals surface area contributed by atoms with Crippen molar-refractivity contribution in [3.8, 4) is 0 Å². The van der Waals surface area contributed by atoms with Gasteiger partial charge >= 0.3 is 6.09 Å². The minimum absolute atomic E-state index is 0.125. The third kappa shape index (κ3) is 4.66. The van der Waals surface area contributed by atoms with Gasteiger partial charge < -0.3 is 21.5 Å². The van der Waals surface area contributed by atoms with Gasteiger partial charge in [-0.2, -0.15) is 0 Å². The van der Waals surface area contributed by atoms with Crippen molar-refractivity contribution in [3.63, 3.8) is 0 Å². The molecule has 14 heavy (non-hydrogen) atoms. The Morgan fingerprint density at radius 2 is 2.00 bits per heavy atom. The zero-order valence-corrected chi connectivity index (χ0v) is 8.45. The van der Waals surface area contributed by atoms with Gasteiger partial charge in [-0.05, 0) is 5.92 Å². The third-order valence-corrected chi connectivity index (χ3v) is 1.55. The van der Waals surface area contributed by atoms with E-state index in [1.165, 1.54) is 0 Å². The van der Waals surface area contributed by atoms with Gasteiger partial charge in [0.1, 0.15) is 0 Å². The lowest BCUT2D eigenvalue weighted by molar-refractivity contribution is -0.131. The minimum atomic E-state index is -0.952. The van der Waals surface area contributed by atoms with Crippen molar-refractivity contribution in [3.05, 3.63) is 0 Å². The molecule has 0 radical (unpaired) electrons. The second kappa shape index (κ2) is 6.20. The maximum atomic E-state index is 11.4. The molecular weight excluding hydrogens is 186 g/mol. The average Bonchev–Trinajstić information content (AvgIpc) is 2.09. The zero-order valence-electron chi connectivity index (χ0n) is 8.45. The van der Waals surface area contributed by atoms with Gasteiger partial charge in [-0.15, -0.1) is 0 Å². The fourth-order valence-corrected chi connectivity index (χ4v) is 0.913. The number of nitrogens with two attached hydrogens (primary N) is 2. The van der Waals surface area contributed by atoms with Crippen molar-refractivity contribution >= 4 is 12.0 Å². The van der Waals surface area contributed by atoms with Gasteiger partial charge in [-0.1, -0.05) is 13.8 Å². The van der Waals surface area contributed by atoms with E-state index in [9.17, 15) is 9.59 Å². The van der Waals surface area contributed by atoms with Crippen molar-refractivity contribution in [1.29, 1.82) is 0 Å². The van der Waals surface area contributed by atoms with Gasteiger partial charge in [-0.3, -0.25) is 4.79 Å². The molecule has 0 aromatic heterocycles. The maximum Gasteiger partial charge on any atom is 0.405 e. The average molecular weight is 203 g/mol. The van der Waals surface area contributed by atoms with Crippen LogP contribution in [0.5, 0.6) is 0 Å². The first-order valence-corrected chi connectivity index (χ1v) is 4.43. The maximum absolute atomic E-state index is 11.4. The molecule has 0 bridgehead atoms. The van der Waals surface area contributed by atoms with Crippen LogP contribution in [0.15, 0.2) is 0 Å². The monoisotopic (exact) mass is 203 g/mol. The van der Waals surface area contributed by atoms with E-state index in [0.717, 1.165) is 0 Å². The Balaban J connectivity index is 4.19. The van der Waals surface area contributed by atoms with Crippen molar-refractivity contribution < 1.29 is 14.3 Å². The summed E-state index contributed by atoms with van der Waals surface area (Å²) in [5, 5.41) is 2.52. The number of hydrogen-bond donors (Lipinski definition) is 3. The SMILES string of the molecule is CC(C)C(OC(N)=O)C(=O)NCCN. The van der Waals surface area contributed by atoms with E-state index in [1.54, 1.807) is 13.8 Å². The smallest absolute Gasteiger partial charge is 0.405 e. The molecule has 0 spiro atoms. The van der Waals surface area contributed by atoms with Crippen molar-refractivity contribution in [2.75, 3.05) is 13.1 Å². The lowest BCUT2D eigenvalue weighted by atomic mass is 10.1. The predicted molar refractivity (Wildman–Crippen MR) is 51.4 cm³/mol. The molecule has 0 aromatic carbocycles. The molecular formula is C8H17N3O3. The van der Waals surface area contributed by atoms with Crippen molar-refractivity contribution in [2.24, 2.45) is 17.4 Å². The lowest BCUT2D eigenvalue weighted by Crippen LogP contribution is -2.43. The van der Waals surface area contributed by atoms with Crippen LogP contribution in [0.3, 0.4) is 0 Å². The summed E-state index contributed by atoms with van der Waals surface area (Å²) in [4.78, 5) is 21.9. The molecule has 0 fully saturated rings. The molecule has 5 N–H and O–H groups in total. The molecule has 0 saturated heterocycles. The summed E-state index contributed by atoms with van der Waals surface area (Å²) >= 11 is 0. The summed E-state index contributed by atoms with van der Waals surface area (Å²) in [5.41, 5.74) is 10.0. The van der Waals surface area contributed by atoms with Crippen LogP contribution in [-0.4, -0.2) is 31.2 Å². The number of nitrogens with one attached hydrogen (secondary N) is 1. The Kier molecular flexibility index (Phi) is 5.62. The van der Waals surface area contributed by atoms with Crippen LogP contribution < -0.4 is 16.8 Å². The summed E-state index contributed by atoms with van der Waals surface area (Å²) in [6.45, 7) is 4.21. The Morgan fingerprint density at radius 1 is 1.43 bits per heavy atom. The molecule has 1 unspecified atom stereocenters. The summed E-state index contributed by atoms with van der Waals surface area (Å²) < 4.78 is 4.66. The van der Waals surface area contributed by atoms with E-state index < -0.39 is 12.2 Å². The molecule has 0 aromatic rings. The summed E-state index contributed by atoms with van der Waals surface area (Å²) in [7, 11) is 0. The van der Waals surface area contributed by atoms with Crippen LogP contribution in [0.25, 0.3) is 0 Å². The molecule has 2 amide bonds. The van der Waals surface area contributed by atoms with Gasteiger partial charge in [0.2, 0.25) is 0 Å². The van der Waals surface area contributed by atoms with Gasteiger partial charge in [0.05, 0.1) is 0 Å². The second-order valence-corrected chi connectivity index (χ2v) is 3.18. The summed E-state index contributed by atoms with van der Waals surface area (Å²) in [6, 6.07) is 0. The first-order chi connectivity index (χ1) is 6.49. The van der Waals surface area contributed by atoms with Crippen LogP contribution in [-0.2, 0) is 9.53 Å². The van der Waals surface area contributed by atoms with Gasteiger partial charge in [0, 0.05) is 13.1 Å². The Morgan fingerprint density at radius 3 is 2.36 bits per heavy atom. The number of carbonyl (C=O) groups is 2. The molecule has 0 aliphatic carbocycles. The molecule has 0 rings (SSSR count). The lowest BCUT2D eigenvalue weighted by Gasteiger charge is -2.19. The number of ether oxygens (including phenoxy) is 1. The van der Waals surface area contributed by atoms with Crippen molar-refractivity contribution in [2.45, 2.75) is 20.0 Å². The first-order valence-electron chi connectivity index (χ1n) is 4.43.